The molecule has 0 aliphatic heterocycles. The summed E-state index contributed by atoms with van der Waals surface area (Å²) in [5.74, 6) is 0.302. The Morgan fingerprint density at radius 3 is 2.39 bits per heavy atom. The molecule has 1 aromatic rings. The Bertz CT molecular complexity index is 571. The molecule has 0 aromatic heterocycles. The molecule has 6 heteroatoms. The molecule has 1 aromatic carbocycles. The molecule has 1 rings (SSSR count). The number of hydrogen-bond donors (Lipinski definition) is 2. The highest BCUT2D eigenvalue weighted by Gasteiger charge is 2.13. The third-order valence-electron chi connectivity index (χ3n) is 3.17. The van der Waals surface area contributed by atoms with E-state index < -0.39 is 0 Å². The van der Waals surface area contributed by atoms with E-state index in [0.717, 1.165) is 11.1 Å². The van der Waals surface area contributed by atoms with Gasteiger partial charge in [0, 0.05) is 11.1 Å². The SMILES string of the molecule is Cc1cc(OCC(=O)NCC(=O)NC(C)C)c(C(C)C)cc1Cl. The standard InChI is InChI=1S/C17H25ClN2O3/c1-10(2)13-7-14(18)12(5)6-15(13)23-9-17(22)19-8-16(21)20-11(3)4/h6-7,10-11H,8-9H2,1-5H3,(H,19,22)(H,20,21). The lowest BCUT2D eigenvalue weighted by Gasteiger charge is -2.16. The Hall–Kier alpha value is -1.75. The van der Waals surface area contributed by atoms with Gasteiger partial charge in [0.15, 0.2) is 6.61 Å². The van der Waals surface area contributed by atoms with Gasteiger partial charge in [0.2, 0.25) is 5.91 Å². The number of carbonyl (C=O) groups is 2. The zero-order valence-corrected chi connectivity index (χ0v) is 15.1. The van der Waals surface area contributed by atoms with E-state index in [1.165, 1.54) is 0 Å². The molecule has 2 N–H and O–H groups in total. The smallest absolute Gasteiger partial charge is 0.258 e. The molecule has 0 saturated carbocycles. The van der Waals surface area contributed by atoms with Crippen molar-refractivity contribution in [1.82, 2.24) is 10.6 Å². The number of nitrogens with one attached hydrogen (secondary N) is 2. The van der Waals surface area contributed by atoms with E-state index in [0.29, 0.717) is 10.8 Å². The number of benzene rings is 1. The Labute approximate surface area is 142 Å². The topological polar surface area (TPSA) is 67.4 Å². The van der Waals surface area contributed by atoms with Gasteiger partial charge in [-0.25, -0.2) is 0 Å². The van der Waals surface area contributed by atoms with Crippen molar-refractivity contribution in [3.8, 4) is 5.75 Å². The van der Waals surface area contributed by atoms with Crippen molar-refractivity contribution < 1.29 is 14.3 Å². The minimum Gasteiger partial charge on any atom is -0.483 e. The lowest BCUT2D eigenvalue weighted by atomic mass is 10.0. The van der Waals surface area contributed by atoms with Crippen LogP contribution in [0.1, 0.15) is 44.7 Å². The van der Waals surface area contributed by atoms with Crippen LogP contribution < -0.4 is 15.4 Å². The maximum absolute atomic E-state index is 11.8. The van der Waals surface area contributed by atoms with Crippen molar-refractivity contribution in [1.29, 1.82) is 0 Å². The maximum atomic E-state index is 11.8. The molecule has 0 atom stereocenters. The molecule has 0 spiro atoms. The van der Waals surface area contributed by atoms with E-state index in [1.54, 1.807) is 0 Å². The van der Waals surface area contributed by atoms with Gasteiger partial charge >= 0.3 is 0 Å². The summed E-state index contributed by atoms with van der Waals surface area (Å²) in [5.41, 5.74) is 1.84. The van der Waals surface area contributed by atoms with Gasteiger partial charge in [-0.3, -0.25) is 9.59 Å². The second-order valence-electron chi connectivity index (χ2n) is 6.08. The first-order chi connectivity index (χ1) is 10.7. The van der Waals surface area contributed by atoms with E-state index in [2.05, 4.69) is 10.6 Å². The van der Waals surface area contributed by atoms with Crippen LogP contribution in [-0.2, 0) is 9.59 Å². The van der Waals surface area contributed by atoms with Crippen molar-refractivity contribution >= 4 is 23.4 Å². The molecule has 0 heterocycles. The van der Waals surface area contributed by atoms with E-state index in [1.807, 2.05) is 46.8 Å². The minimum absolute atomic E-state index is 0.0429. The van der Waals surface area contributed by atoms with Crippen molar-refractivity contribution in [3.63, 3.8) is 0 Å². The first kappa shape index (κ1) is 19.3. The van der Waals surface area contributed by atoms with Gasteiger partial charge in [-0.15, -0.1) is 0 Å². The van der Waals surface area contributed by atoms with Crippen LogP contribution in [0.2, 0.25) is 5.02 Å². The molecule has 2 amide bonds. The predicted octanol–water partition coefficient (Wildman–Crippen LogP) is 2.79. The monoisotopic (exact) mass is 340 g/mol. The summed E-state index contributed by atoms with van der Waals surface area (Å²) >= 11 is 6.14. The summed E-state index contributed by atoms with van der Waals surface area (Å²) in [5, 5.41) is 5.91. The summed E-state index contributed by atoms with van der Waals surface area (Å²) in [4.78, 5) is 23.3. The number of rotatable bonds is 7. The van der Waals surface area contributed by atoms with E-state index in [4.69, 9.17) is 16.3 Å². The quantitative estimate of drug-likeness (QED) is 0.802. The summed E-state index contributed by atoms with van der Waals surface area (Å²) in [6.45, 7) is 9.47. The second-order valence-corrected chi connectivity index (χ2v) is 6.49. The molecule has 0 radical (unpaired) electrons. The Morgan fingerprint density at radius 2 is 1.83 bits per heavy atom. The van der Waals surface area contributed by atoms with Crippen molar-refractivity contribution in [2.75, 3.05) is 13.2 Å². The van der Waals surface area contributed by atoms with Crippen LogP contribution in [0.4, 0.5) is 0 Å². The van der Waals surface area contributed by atoms with Crippen LogP contribution in [0.25, 0.3) is 0 Å². The third kappa shape index (κ3) is 6.48. The van der Waals surface area contributed by atoms with Gasteiger partial charge in [0.1, 0.15) is 5.75 Å². The Morgan fingerprint density at radius 1 is 1.17 bits per heavy atom. The zero-order chi connectivity index (χ0) is 17.6. The van der Waals surface area contributed by atoms with Gasteiger partial charge in [-0.1, -0.05) is 25.4 Å². The summed E-state index contributed by atoms with van der Waals surface area (Å²) < 4.78 is 5.61. The molecule has 23 heavy (non-hydrogen) atoms. The first-order valence-electron chi connectivity index (χ1n) is 7.69. The highest BCUT2D eigenvalue weighted by Crippen LogP contribution is 2.31. The fourth-order valence-electron chi connectivity index (χ4n) is 1.99. The van der Waals surface area contributed by atoms with Gasteiger partial charge in [0.25, 0.3) is 5.91 Å². The fourth-order valence-corrected chi connectivity index (χ4v) is 2.16. The van der Waals surface area contributed by atoms with Crippen LogP contribution in [0.15, 0.2) is 12.1 Å². The summed E-state index contributed by atoms with van der Waals surface area (Å²) in [7, 11) is 0. The average Bonchev–Trinajstić information content (AvgIpc) is 2.44. The normalized spacial score (nSPS) is 10.8. The maximum Gasteiger partial charge on any atom is 0.258 e. The Balaban J connectivity index is 2.59. The van der Waals surface area contributed by atoms with Crippen molar-refractivity contribution in [3.05, 3.63) is 28.3 Å². The largest absolute Gasteiger partial charge is 0.483 e. The minimum atomic E-state index is -0.341. The lowest BCUT2D eigenvalue weighted by Crippen LogP contribution is -2.41. The Kier molecular flexibility index (Phi) is 7.36. The molecule has 0 aliphatic carbocycles. The number of amides is 2. The van der Waals surface area contributed by atoms with Crippen LogP contribution in [0.3, 0.4) is 0 Å². The number of carbonyl (C=O) groups excluding carboxylic acids is 2. The average molecular weight is 341 g/mol. The van der Waals surface area contributed by atoms with Crippen LogP contribution >= 0.6 is 11.6 Å². The molecule has 128 valence electrons. The van der Waals surface area contributed by atoms with Crippen molar-refractivity contribution in [2.24, 2.45) is 0 Å². The molecule has 0 saturated heterocycles. The highest BCUT2D eigenvalue weighted by molar-refractivity contribution is 6.31. The number of hydrogen-bond acceptors (Lipinski definition) is 3. The predicted molar refractivity (Wildman–Crippen MR) is 92.1 cm³/mol. The van der Waals surface area contributed by atoms with Crippen LogP contribution in [0.5, 0.6) is 5.75 Å². The zero-order valence-electron chi connectivity index (χ0n) is 14.3. The molecule has 0 bridgehead atoms. The molecule has 0 unspecified atom stereocenters. The van der Waals surface area contributed by atoms with Gasteiger partial charge < -0.3 is 15.4 Å². The highest BCUT2D eigenvalue weighted by atomic mass is 35.5. The molecule has 0 fully saturated rings. The number of ether oxygens (including phenoxy) is 1. The first-order valence-corrected chi connectivity index (χ1v) is 8.07. The molecule has 5 nitrogen and oxygen atoms in total. The second kappa shape index (κ2) is 8.77. The van der Waals surface area contributed by atoms with Crippen LogP contribution in [0, 0.1) is 6.92 Å². The lowest BCUT2D eigenvalue weighted by molar-refractivity contribution is -0.127. The third-order valence-corrected chi connectivity index (χ3v) is 3.57. The molecular weight excluding hydrogens is 316 g/mol. The van der Waals surface area contributed by atoms with Crippen molar-refractivity contribution in [2.45, 2.75) is 46.6 Å². The molecular formula is C17H25ClN2O3. The van der Waals surface area contributed by atoms with E-state index >= 15 is 0 Å². The number of aryl methyl sites for hydroxylation is 1. The summed E-state index contributed by atoms with van der Waals surface area (Å²) in [6, 6.07) is 3.74. The molecule has 0 aliphatic rings. The van der Waals surface area contributed by atoms with E-state index in [-0.39, 0.29) is 36.9 Å². The van der Waals surface area contributed by atoms with Gasteiger partial charge in [-0.2, -0.15) is 0 Å². The van der Waals surface area contributed by atoms with Crippen LogP contribution in [-0.4, -0.2) is 31.0 Å². The fraction of sp³-hybridized carbons (Fsp3) is 0.529. The van der Waals surface area contributed by atoms with Gasteiger partial charge in [-0.05, 0) is 49.9 Å². The van der Waals surface area contributed by atoms with E-state index in [9.17, 15) is 9.59 Å². The number of halogens is 1. The van der Waals surface area contributed by atoms with Gasteiger partial charge in [0.05, 0.1) is 6.54 Å². The summed E-state index contributed by atoms with van der Waals surface area (Å²) in [6.07, 6.45) is 0.